The first kappa shape index (κ1) is 17.7. The minimum absolute atomic E-state index is 0.0499. The number of nitrogens with zero attached hydrogens (tertiary/aromatic N) is 1. The van der Waals surface area contributed by atoms with Gasteiger partial charge in [0.2, 0.25) is 5.91 Å². The largest absolute Gasteiger partial charge is 0.350 e. The van der Waals surface area contributed by atoms with E-state index in [1.54, 1.807) is 41.3 Å². The second-order valence-corrected chi connectivity index (χ2v) is 5.50. The third-order valence-electron chi connectivity index (χ3n) is 3.73. The Kier molecular flexibility index (Phi) is 6.49. The molecule has 0 radical (unpaired) electrons. The first-order valence-electron chi connectivity index (χ1n) is 7.89. The van der Waals surface area contributed by atoms with Gasteiger partial charge in [0.05, 0.1) is 0 Å². The van der Waals surface area contributed by atoms with E-state index in [1.165, 1.54) is 19.1 Å². The molecule has 0 aliphatic carbocycles. The number of benzene rings is 2. The van der Waals surface area contributed by atoms with Crippen molar-refractivity contribution in [2.75, 3.05) is 19.6 Å². The summed E-state index contributed by atoms with van der Waals surface area (Å²) >= 11 is 0. The summed E-state index contributed by atoms with van der Waals surface area (Å²) in [5.74, 6) is -0.477. The molecule has 0 bridgehead atoms. The Morgan fingerprint density at radius 1 is 1.00 bits per heavy atom. The van der Waals surface area contributed by atoms with Crippen LogP contribution in [0.15, 0.2) is 54.6 Å². The van der Waals surface area contributed by atoms with Gasteiger partial charge in [-0.15, -0.1) is 0 Å². The summed E-state index contributed by atoms with van der Waals surface area (Å²) in [5.41, 5.74) is 1.56. The van der Waals surface area contributed by atoms with Crippen LogP contribution in [0, 0.1) is 5.82 Å². The Labute approximate surface area is 141 Å². The molecule has 1 N–H and O–H groups in total. The van der Waals surface area contributed by atoms with E-state index < -0.39 is 0 Å². The van der Waals surface area contributed by atoms with E-state index in [1.807, 2.05) is 6.07 Å². The molecule has 2 aromatic rings. The van der Waals surface area contributed by atoms with Crippen molar-refractivity contribution < 1.29 is 14.0 Å². The Bertz CT molecular complexity index is 672. The molecule has 126 valence electrons. The summed E-state index contributed by atoms with van der Waals surface area (Å²) in [6.07, 6.45) is 0.645. The van der Waals surface area contributed by atoms with E-state index in [2.05, 4.69) is 5.32 Å². The number of carbonyl (C=O) groups is 2. The van der Waals surface area contributed by atoms with Crippen molar-refractivity contribution in [3.63, 3.8) is 0 Å². The zero-order valence-corrected chi connectivity index (χ0v) is 13.7. The summed E-state index contributed by atoms with van der Waals surface area (Å²) in [6, 6.07) is 15.2. The SMILES string of the molecule is CC(=O)N(CCNC(=O)c1ccccc1)CCc1ccc(F)cc1. The van der Waals surface area contributed by atoms with Gasteiger partial charge >= 0.3 is 0 Å². The highest BCUT2D eigenvalue weighted by atomic mass is 19.1. The van der Waals surface area contributed by atoms with Crippen LogP contribution in [0.3, 0.4) is 0 Å². The van der Waals surface area contributed by atoms with Crippen molar-refractivity contribution in [2.24, 2.45) is 0 Å². The molecular formula is C19H21FN2O2. The molecule has 0 saturated carbocycles. The van der Waals surface area contributed by atoms with E-state index in [0.717, 1.165) is 5.56 Å². The highest BCUT2D eigenvalue weighted by Gasteiger charge is 2.10. The highest BCUT2D eigenvalue weighted by molar-refractivity contribution is 5.94. The van der Waals surface area contributed by atoms with Crippen molar-refractivity contribution in [2.45, 2.75) is 13.3 Å². The van der Waals surface area contributed by atoms with Crippen LogP contribution in [-0.4, -0.2) is 36.3 Å². The highest BCUT2D eigenvalue weighted by Crippen LogP contribution is 2.05. The molecule has 2 aromatic carbocycles. The van der Waals surface area contributed by atoms with Crippen LogP contribution >= 0.6 is 0 Å². The fraction of sp³-hybridized carbons (Fsp3) is 0.263. The van der Waals surface area contributed by atoms with Gasteiger partial charge in [-0.3, -0.25) is 9.59 Å². The van der Waals surface area contributed by atoms with Crippen LogP contribution in [0.4, 0.5) is 4.39 Å². The predicted octanol–water partition coefficient (Wildman–Crippen LogP) is 2.65. The van der Waals surface area contributed by atoms with Gasteiger partial charge in [0.1, 0.15) is 5.82 Å². The number of hydrogen-bond acceptors (Lipinski definition) is 2. The maximum atomic E-state index is 12.9. The number of nitrogens with one attached hydrogen (secondary N) is 1. The molecule has 0 spiro atoms. The summed E-state index contributed by atoms with van der Waals surface area (Å²) in [7, 11) is 0. The standard InChI is InChI=1S/C19H21FN2O2/c1-15(23)22(13-11-16-7-9-18(20)10-8-16)14-12-21-19(24)17-5-3-2-4-6-17/h2-10H,11-14H2,1H3,(H,21,24). The molecule has 0 aliphatic heterocycles. The molecule has 0 atom stereocenters. The lowest BCUT2D eigenvalue weighted by Crippen LogP contribution is -2.38. The smallest absolute Gasteiger partial charge is 0.251 e. The minimum Gasteiger partial charge on any atom is -0.350 e. The third kappa shape index (κ3) is 5.50. The van der Waals surface area contributed by atoms with Gasteiger partial charge < -0.3 is 10.2 Å². The molecule has 0 heterocycles. The van der Waals surface area contributed by atoms with Crippen molar-refractivity contribution >= 4 is 11.8 Å². The lowest BCUT2D eigenvalue weighted by molar-refractivity contribution is -0.128. The van der Waals surface area contributed by atoms with Crippen LogP contribution in [0.2, 0.25) is 0 Å². The molecule has 4 nitrogen and oxygen atoms in total. The maximum Gasteiger partial charge on any atom is 0.251 e. The summed E-state index contributed by atoms with van der Waals surface area (Å²) in [6.45, 7) is 2.86. The minimum atomic E-state index is -0.272. The van der Waals surface area contributed by atoms with E-state index in [0.29, 0.717) is 31.6 Å². The summed E-state index contributed by atoms with van der Waals surface area (Å²) in [5, 5.41) is 2.81. The lowest BCUT2D eigenvalue weighted by Gasteiger charge is -2.21. The number of hydrogen-bond donors (Lipinski definition) is 1. The second kappa shape index (κ2) is 8.82. The Balaban J connectivity index is 1.80. The molecule has 0 aliphatic rings. The monoisotopic (exact) mass is 328 g/mol. The van der Waals surface area contributed by atoms with E-state index in [9.17, 15) is 14.0 Å². The molecular weight excluding hydrogens is 307 g/mol. The van der Waals surface area contributed by atoms with Crippen molar-refractivity contribution in [1.82, 2.24) is 10.2 Å². The quantitative estimate of drug-likeness (QED) is 0.849. The molecule has 0 fully saturated rings. The van der Waals surface area contributed by atoms with E-state index in [4.69, 9.17) is 0 Å². The van der Waals surface area contributed by atoms with Gasteiger partial charge in [0.15, 0.2) is 0 Å². The average molecular weight is 328 g/mol. The molecule has 2 rings (SSSR count). The number of rotatable bonds is 7. The third-order valence-corrected chi connectivity index (χ3v) is 3.73. The first-order valence-corrected chi connectivity index (χ1v) is 7.89. The normalized spacial score (nSPS) is 10.2. The predicted molar refractivity (Wildman–Crippen MR) is 91.1 cm³/mol. The first-order chi connectivity index (χ1) is 11.6. The Hall–Kier alpha value is -2.69. The molecule has 24 heavy (non-hydrogen) atoms. The number of halogens is 1. The van der Waals surface area contributed by atoms with Crippen LogP contribution < -0.4 is 5.32 Å². The van der Waals surface area contributed by atoms with Crippen molar-refractivity contribution in [3.8, 4) is 0 Å². The van der Waals surface area contributed by atoms with Crippen LogP contribution in [-0.2, 0) is 11.2 Å². The fourth-order valence-electron chi connectivity index (χ4n) is 2.34. The van der Waals surface area contributed by atoms with Gasteiger partial charge in [0, 0.05) is 32.1 Å². The molecule has 2 amide bonds. The van der Waals surface area contributed by atoms with Gasteiger partial charge in [-0.2, -0.15) is 0 Å². The maximum absolute atomic E-state index is 12.9. The summed E-state index contributed by atoms with van der Waals surface area (Å²) in [4.78, 5) is 25.4. The lowest BCUT2D eigenvalue weighted by atomic mass is 10.1. The molecule has 0 unspecified atom stereocenters. The second-order valence-electron chi connectivity index (χ2n) is 5.50. The topological polar surface area (TPSA) is 49.4 Å². The summed E-state index contributed by atoms with van der Waals surface area (Å²) < 4.78 is 12.9. The van der Waals surface area contributed by atoms with E-state index >= 15 is 0 Å². The van der Waals surface area contributed by atoms with Crippen molar-refractivity contribution in [1.29, 1.82) is 0 Å². The Morgan fingerprint density at radius 2 is 1.67 bits per heavy atom. The van der Waals surface area contributed by atoms with Crippen LogP contribution in [0.5, 0.6) is 0 Å². The number of amides is 2. The van der Waals surface area contributed by atoms with Gasteiger partial charge in [0.25, 0.3) is 5.91 Å². The van der Waals surface area contributed by atoms with E-state index in [-0.39, 0.29) is 17.6 Å². The van der Waals surface area contributed by atoms with Crippen LogP contribution in [0.25, 0.3) is 0 Å². The van der Waals surface area contributed by atoms with Gasteiger partial charge in [-0.25, -0.2) is 4.39 Å². The zero-order valence-electron chi connectivity index (χ0n) is 13.7. The Morgan fingerprint density at radius 3 is 2.29 bits per heavy atom. The average Bonchev–Trinajstić information content (AvgIpc) is 2.59. The van der Waals surface area contributed by atoms with Gasteiger partial charge in [-0.05, 0) is 36.2 Å². The molecule has 0 aromatic heterocycles. The van der Waals surface area contributed by atoms with Gasteiger partial charge in [-0.1, -0.05) is 30.3 Å². The molecule has 0 saturated heterocycles. The molecule has 5 heteroatoms. The van der Waals surface area contributed by atoms with Crippen LogP contribution in [0.1, 0.15) is 22.8 Å². The fourth-order valence-corrected chi connectivity index (χ4v) is 2.34. The zero-order chi connectivity index (χ0) is 17.4. The number of carbonyl (C=O) groups excluding carboxylic acids is 2. The van der Waals surface area contributed by atoms with Crippen molar-refractivity contribution in [3.05, 3.63) is 71.5 Å².